The molecule has 1 aromatic heterocycles. The van der Waals surface area contributed by atoms with Crippen LogP contribution in [-0.4, -0.2) is 29.2 Å². The molecule has 4 nitrogen and oxygen atoms in total. The second kappa shape index (κ2) is 5.42. The number of rotatable bonds is 4. The normalized spacial score (nSPS) is 23.6. The lowest BCUT2D eigenvalue weighted by Crippen LogP contribution is -2.18. The Bertz CT molecular complexity index is 393. The summed E-state index contributed by atoms with van der Waals surface area (Å²) >= 11 is 4.88. The molecule has 2 unspecified atom stereocenters. The number of hydrogen-bond donors (Lipinski definition) is 2. The minimum absolute atomic E-state index is 0.378. The maximum absolute atomic E-state index is 5.52. The van der Waals surface area contributed by atoms with E-state index in [-0.39, 0.29) is 0 Å². The van der Waals surface area contributed by atoms with Gasteiger partial charge >= 0.3 is 0 Å². The topological polar surface area (TPSA) is 60.2 Å². The molecule has 1 saturated carbocycles. The largest absolute Gasteiger partial charge is 0.389 e. The number of ether oxygens (including phenoxy) is 1. The summed E-state index contributed by atoms with van der Waals surface area (Å²) in [5, 5.41) is 3.40. The Morgan fingerprint density at radius 3 is 2.88 bits per heavy atom. The summed E-state index contributed by atoms with van der Waals surface area (Å²) < 4.78 is 5.34. The van der Waals surface area contributed by atoms with Crippen molar-refractivity contribution >= 4 is 23.0 Å². The van der Waals surface area contributed by atoms with Crippen LogP contribution in [0.1, 0.15) is 24.8 Å². The lowest BCUT2D eigenvalue weighted by molar-refractivity contribution is 0.108. The van der Waals surface area contributed by atoms with Gasteiger partial charge in [-0.05, 0) is 31.4 Å². The van der Waals surface area contributed by atoms with Crippen LogP contribution < -0.4 is 11.1 Å². The SMILES string of the molecule is COC1CCC(Nc2ccc(C(N)=S)cn2)C1. The number of hydrogen-bond acceptors (Lipinski definition) is 4. The summed E-state index contributed by atoms with van der Waals surface area (Å²) in [5.41, 5.74) is 6.32. The van der Waals surface area contributed by atoms with Gasteiger partial charge in [-0.2, -0.15) is 0 Å². The van der Waals surface area contributed by atoms with Crippen LogP contribution in [0.4, 0.5) is 5.82 Å². The van der Waals surface area contributed by atoms with Crippen molar-refractivity contribution in [2.24, 2.45) is 5.73 Å². The first-order chi connectivity index (χ1) is 8.19. The van der Waals surface area contributed by atoms with E-state index < -0.39 is 0 Å². The van der Waals surface area contributed by atoms with E-state index in [1.807, 2.05) is 12.1 Å². The highest BCUT2D eigenvalue weighted by atomic mass is 32.1. The molecule has 92 valence electrons. The van der Waals surface area contributed by atoms with Crippen LogP contribution >= 0.6 is 12.2 Å². The minimum atomic E-state index is 0.378. The van der Waals surface area contributed by atoms with Crippen molar-refractivity contribution in [3.05, 3.63) is 23.9 Å². The van der Waals surface area contributed by atoms with Crippen molar-refractivity contribution in [1.82, 2.24) is 4.98 Å². The number of pyridine rings is 1. The van der Waals surface area contributed by atoms with E-state index in [1.165, 1.54) is 0 Å². The number of thiocarbonyl (C=S) groups is 1. The second-order valence-corrected chi connectivity index (χ2v) is 4.75. The van der Waals surface area contributed by atoms with E-state index in [4.69, 9.17) is 22.7 Å². The fourth-order valence-corrected chi connectivity index (χ4v) is 2.24. The van der Waals surface area contributed by atoms with Gasteiger partial charge in [0, 0.05) is 24.9 Å². The van der Waals surface area contributed by atoms with E-state index in [0.29, 0.717) is 17.1 Å². The van der Waals surface area contributed by atoms with Gasteiger partial charge in [0.15, 0.2) is 0 Å². The van der Waals surface area contributed by atoms with Gasteiger partial charge in [-0.1, -0.05) is 12.2 Å². The van der Waals surface area contributed by atoms with E-state index in [9.17, 15) is 0 Å². The van der Waals surface area contributed by atoms with Gasteiger partial charge in [0.2, 0.25) is 0 Å². The number of nitrogens with zero attached hydrogens (tertiary/aromatic N) is 1. The maximum atomic E-state index is 5.52. The van der Waals surface area contributed by atoms with E-state index in [0.717, 1.165) is 30.6 Å². The van der Waals surface area contributed by atoms with Crippen LogP contribution in [0.5, 0.6) is 0 Å². The zero-order valence-corrected chi connectivity index (χ0v) is 10.7. The monoisotopic (exact) mass is 251 g/mol. The molecule has 0 aliphatic heterocycles. The first-order valence-corrected chi connectivity index (χ1v) is 6.15. The molecule has 3 N–H and O–H groups in total. The standard InChI is InChI=1S/C12H17N3OS/c1-16-10-4-3-9(6-10)15-11-5-2-8(7-14-11)12(13)17/h2,5,7,9-10H,3-4,6H2,1H3,(H2,13,17)(H,14,15). The zero-order chi connectivity index (χ0) is 12.3. The molecule has 1 aliphatic carbocycles. The summed E-state index contributed by atoms with van der Waals surface area (Å²) in [6.07, 6.45) is 5.35. The number of methoxy groups -OCH3 is 1. The van der Waals surface area contributed by atoms with Crippen LogP contribution in [0.2, 0.25) is 0 Å². The molecule has 1 aliphatic rings. The minimum Gasteiger partial charge on any atom is -0.389 e. The molecule has 5 heteroatoms. The van der Waals surface area contributed by atoms with Crippen molar-refractivity contribution in [1.29, 1.82) is 0 Å². The lowest BCUT2D eigenvalue weighted by Gasteiger charge is -2.13. The summed E-state index contributed by atoms with van der Waals surface area (Å²) in [4.78, 5) is 4.67. The average molecular weight is 251 g/mol. The lowest BCUT2D eigenvalue weighted by atomic mass is 10.2. The second-order valence-electron chi connectivity index (χ2n) is 4.31. The molecule has 0 radical (unpaired) electrons. The summed E-state index contributed by atoms with van der Waals surface area (Å²) in [7, 11) is 1.77. The highest BCUT2D eigenvalue weighted by molar-refractivity contribution is 7.80. The van der Waals surface area contributed by atoms with Crippen molar-refractivity contribution in [2.75, 3.05) is 12.4 Å². The molecule has 2 rings (SSSR count). The summed E-state index contributed by atoms with van der Waals surface area (Å²) in [5.74, 6) is 0.867. The summed E-state index contributed by atoms with van der Waals surface area (Å²) in [6.45, 7) is 0. The molecule has 0 amide bonds. The van der Waals surface area contributed by atoms with E-state index in [1.54, 1.807) is 13.3 Å². The fourth-order valence-electron chi connectivity index (χ4n) is 2.12. The highest BCUT2D eigenvalue weighted by Crippen LogP contribution is 2.24. The van der Waals surface area contributed by atoms with E-state index >= 15 is 0 Å². The number of nitrogens with one attached hydrogen (secondary N) is 1. The molecule has 1 heterocycles. The molecule has 1 fully saturated rings. The van der Waals surface area contributed by atoms with Crippen molar-refractivity contribution in [3.63, 3.8) is 0 Å². The van der Waals surface area contributed by atoms with Gasteiger partial charge in [-0.25, -0.2) is 4.98 Å². The third-order valence-corrected chi connectivity index (χ3v) is 3.35. The van der Waals surface area contributed by atoms with Gasteiger partial charge < -0.3 is 15.8 Å². The Morgan fingerprint density at radius 2 is 2.35 bits per heavy atom. The van der Waals surface area contributed by atoms with Crippen molar-refractivity contribution in [2.45, 2.75) is 31.4 Å². The Morgan fingerprint density at radius 1 is 1.53 bits per heavy atom. The molecular formula is C12H17N3OS. The third-order valence-electron chi connectivity index (χ3n) is 3.12. The summed E-state index contributed by atoms with van der Waals surface area (Å²) in [6, 6.07) is 4.25. The zero-order valence-electron chi connectivity index (χ0n) is 9.85. The first kappa shape index (κ1) is 12.3. The molecule has 0 saturated heterocycles. The van der Waals surface area contributed by atoms with Crippen molar-refractivity contribution < 1.29 is 4.74 Å². The quantitative estimate of drug-likeness (QED) is 0.798. The Kier molecular flexibility index (Phi) is 3.91. The van der Waals surface area contributed by atoms with Crippen LogP contribution in [0.15, 0.2) is 18.3 Å². The maximum Gasteiger partial charge on any atom is 0.126 e. The molecule has 0 aromatic carbocycles. The van der Waals surface area contributed by atoms with Gasteiger partial charge in [0.05, 0.1) is 6.10 Å². The highest BCUT2D eigenvalue weighted by Gasteiger charge is 2.24. The molecule has 0 spiro atoms. The molecular weight excluding hydrogens is 234 g/mol. The van der Waals surface area contributed by atoms with Crippen LogP contribution in [0.3, 0.4) is 0 Å². The predicted octanol–water partition coefficient (Wildman–Crippen LogP) is 1.70. The Balaban J connectivity index is 1.93. The molecule has 0 bridgehead atoms. The Labute approximate surface area is 107 Å². The van der Waals surface area contributed by atoms with Gasteiger partial charge in [0.1, 0.15) is 10.8 Å². The van der Waals surface area contributed by atoms with Gasteiger partial charge in [-0.3, -0.25) is 0 Å². The fraction of sp³-hybridized carbons (Fsp3) is 0.500. The molecule has 1 aromatic rings. The smallest absolute Gasteiger partial charge is 0.126 e. The Hall–Kier alpha value is -1.20. The number of nitrogens with two attached hydrogens (primary N) is 1. The van der Waals surface area contributed by atoms with Crippen LogP contribution in [0, 0.1) is 0 Å². The van der Waals surface area contributed by atoms with Gasteiger partial charge in [0.25, 0.3) is 0 Å². The van der Waals surface area contributed by atoms with Gasteiger partial charge in [-0.15, -0.1) is 0 Å². The van der Waals surface area contributed by atoms with Crippen molar-refractivity contribution in [3.8, 4) is 0 Å². The average Bonchev–Trinajstić information content (AvgIpc) is 2.77. The first-order valence-electron chi connectivity index (χ1n) is 5.74. The third kappa shape index (κ3) is 3.14. The molecule has 2 atom stereocenters. The van der Waals surface area contributed by atoms with E-state index in [2.05, 4.69) is 10.3 Å². The predicted molar refractivity (Wildman–Crippen MR) is 72.2 cm³/mol. The number of anilines is 1. The number of aromatic nitrogens is 1. The van der Waals surface area contributed by atoms with Crippen LogP contribution in [-0.2, 0) is 4.74 Å². The van der Waals surface area contributed by atoms with Crippen LogP contribution in [0.25, 0.3) is 0 Å². The molecule has 17 heavy (non-hydrogen) atoms.